The van der Waals surface area contributed by atoms with Crippen molar-refractivity contribution in [1.82, 2.24) is 15.1 Å². The Labute approximate surface area is 155 Å². The molecular weight excluding hydrogens is 347 g/mol. The van der Waals surface area contributed by atoms with Gasteiger partial charge in [-0.2, -0.15) is 5.10 Å². The van der Waals surface area contributed by atoms with E-state index in [1.54, 1.807) is 11.1 Å². The summed E-state index contributed by atoms with van der Waals surface area (Å²) in [6.45, 7) is 1.01. The minimum Gasteiger partial charge on any atom is -0.339 e. The van der Waals surface area contributed by atoms with Crippen LogP contribution in [0.4, 0.5) is 10.1 Å². The molecule has 0 radical (unpaired) electrons. The lowest BCUT2D eigenvalue weighted by molar-refractivity contribution is -0.121. The van der Waals surface area contributed by atoms with Gasteiger partial charge in [0.05, 0.1) is 17.4 Å². The molecule has 0 spiro atoms. The first kappa shape index (κ1) is 17.2. The van der Waals surface area contributed by atoms with Crippen LogP contribution in [-0.2, 0) is 4.79 Å². The molecule has 3 aromatic rings. The fourth-order valence-electron chi connectivity index (χ4n) is 3.43. The van der Waals surface area contributed by atoms with E-state index in [9.17, 15) is 14.0 Å². The van der Waals surface area contributed by atoms with Crippen LogP contribution in [-0.4, -0.2) is 40.0 Å². The summed E-state index contributed by atoms with van der Waals surface area (Å²) < 4.78 is 13.0. The molecule has 2 amide bonds. The number of hydrogen-bond donors (Lipinski definition) is 2. The molecule has 2 N–H and O–H groups in total. The normalized spacial score (nSPS) is 15.1. The second-order valence-corrected chi connectivity index (χ2v) is 6.70. The molecule has 1 aliphatic heterocycles. The van der Waals surface area contributed by atoms with E-state index >= 15 is 0 Å². The van der Waals surface area contributed by atoms with Crippen LogP contribution in [0.2, 0.25) is 0 Å². The maximum absolute atomic E-state index is 13.0. The second-order valence-electron chi connectivity index (χ2n) is 6.70. The Hall–Kier alpha value is -3.22. The summed E-state index contributed by atoms with van der Waals surface area (Å²) in [6.07, 6.45) is 2.90. The topological polar surface area (TPSA) is 78.1 Å². The predicted molar refractivity (Wildman–Crippen MR) is 99.8 cm³/mol. The average Bonchev–Trinajstić information content (AvgIpc) is 3.18. The Bertz CT molecular complexity index is 975. The van der Waals surface area contributed by atoms with Gasteiger partial charge >= 0.3 is 0 Å². The summed E-state index contributed by atoms with van der Waals surface area (Å²) in [5.41, 5.74) is 1.97. The molecule has 0 saturated carbocycles. The minimum absolute atomic E-state index is 0.0500. The van der Waals surface area contributed by atoms with Crippen LogP contribution in [0.1, 0.15) is 23.2 Å². The number of nitrogens with zero attached hydrogens (tertiary/aromatic N) is 2. The van der Waals surface area contributed by atoms with Gasteiger partial charge in [0.25, 0.3) is 5.91 Å². The smallest absolute Gasteiger partial charge is 0.253 e. The summed E-state index contributed by atoms with van der Waals surface area (Å²) in [6, 6.07) is 11.2. The third kappa shape index (κ3) is 3.53. The van der Waals surface area contributed by atoms with Gasteiger partial charge in [0.1, 0.15) is 5.82 Å². The lowest BCUT2D eigenvalue weighted by atomic mass is 9.95. The maximum Gasteiger partial charge on any atom is 0.253 e. The largest absolute Gasteiger partial charge is 0.339 e. The van der Waals surface area contributed by atoms with Gasteiger partial charge < -0.3 is 10.2 Å². The number of piperidine rings is 1. The van der Waals surface area contributed by atoms with E-state index in [4.69, 9.17) is 0 Å². The number of aromatic amines is 1. The van der Waals surface area contributed by atoms with Gasteiger partial charge in [-0.3, -0.25) is 14.7 Å². The van der Waals surface area contributed by atoms with Crippen molar-refractivity contribution >= 4 is 28.4 Å². The number of benzene rings is 2. The number of hydrogen-bond acceptors (Lipinski definition) is 3. The summed E-state index contributed by atoms with van der Waals surface area (Å²) >= 11 is 0. The molecule has 0 aliphatic carbocycles. The van der Waals surface area contributed by atoms with E-state index in [0.29, 0.717) is 37.2 Å². The Morgan fingerprint density at radius 1 is 1.11 bits per heavy atom. The first-order valence-corrected chi connectivity index (χ1v) is 8.89. The molecule has 0 bridgehead atoms. The Morgan fingerprint density at radius 2 is 1.85 bits per heavy atom. The first-order chi connectivity index (χ1) is 13.1. The summed E-state index contributed by atoms with van der Waals surface area (Å²) in [5.74, 6) is -0.697. The van der Waals surface area contributed by atoms with Crippen LogP contribution < -0.4 is 5.32 Å². The highest BCUT2D eigenvalue weighted by Gasteiger charge is 2.28. The zero-order valence-electron chi connectivity index (χ0n) is 14.6. The number of aromatic nitrogens is 2. The Morgan fingerprint density at radius 3 is 2.59 bits per heavy atom. The molecule has 138 valence electrons. The van der Waals surface area contributed by atoms with Crippen LogP contribution in [0.3, 0.4) is 0 Å². The Balaban J connectivity index is 1.37. The van der Waals surface area contributed by atoms with Gasteiger partial charge in [-0.1, -0.05) is 12.1 Å². The second kappa shape index (κ2) is 7.19. The SMILES string of the molecule is O=C(Nc1cccc2cn[nH]c12)C1CCN(C(=O)c2ccc(F)cc2)CC1. The minimum atomic E-state index is -0.366. The van der Waals surface area contributed by atoms with E-state index in [1.807, 2.05) is 18.2 Å². The lowest BCUT2D eigenvalue weighted by Crippen LogP contribution is -2.41. The molecule has 7 heteroatoms. The number of H-pyrrole nitrogens is 1. The number of carbonyl (C=O) groups is 2. The molecule has 1 saturated heterocycles. The molecule has 0 unspecified atom stereocenters. The van der Waals surface area contributed by atoms with Gasteiger partial charge in [0.2, 0.25) is 5.91 Å². The van der Waals surface area contributed by atoms with E-state index in [-0.39, 0.29) is 23.5 Å². The summed E-state index contributed by atoms with van der Waals surface area (Å²) in [7, 11) is 0. The zero-order valence-corrected chi connectivity index (χ0v) is 14.6. The van der Waals surface area contributed by atoms with Crippen molar-refractivity contribution in [2.45, 2.75) is 12.8 Å². The van der Waals surface area contributed by atoms with E-state index in [0.717, 1.165) is 10.9 Å². The zero-order chi connectivity index (χ0) is 18.8. The van der Waals surface area contributed by atoms with Crippen molar-refractivity contribution in [2.24, 2.45) is 5.92 Å². The van der Waals surface area contributed by atoms with Crippen LogP contribution in [0, 0.1) is 11.7 Å². The number of halogens is 1. The maximum atomic E-state index is 13.0. The van der Waals surface area contributed by atoms with Crippen molar-refractivity contribution in [3.8, 4) is 0 Å². The monoisotopic (exact) mass is 366 g/mol. The third-order valence-corrected chi connectivity index (χ3v) is 4.98. The van der Waals surface area contributed by atoms with Gasteiger partial charge in [-0.25, -0.2) is 4.39 Å². The highest BCUT2D eigenvalue weighted by atomic mass is 19.1. The van der Waals surface area contributed by atoms with E-state index in [1.165, 1.54) is 24.3 Å². The van der Waals surface area contributed by atoms with Crippen LogP contribution in [0.15, 0.2) is 48.7 Å². The third-order valence-electron chi connectivity index (χ3n) is 4.98. The lowest BCUT2D eigenvalue weighted by Gasteiger charge is -2.31. The van der Waals surface area contributed by atoms with Crippen molar-refractivity contribution < 1.29 is 14.0 Å². The molecule has 1 aromatic heterocycles. The molecule has 6 nitrogen and oxygen atoms in total. The molecule has 2 heterocycles. The Kier molecular flexibility index (Phi) is 4.58. The molecule has 27 heavy (non-hydrogen) atoms. The van der Waals surface area contributed by atoms with E-state index < -0.39 is 0 Å². The number of rotatable bonds is 3. The van der Waals surface area contributed by atoms with Gasteiger partial charge in [-0.15, -0.1) is 0 Å². The van der Waals surface area contributed by atoms with Gasteiger partial charge in [0, 0.05) is 30.0 Å². The predicted octanol–water partition coefficient (Wildman–Crippen LogP) is 3.19. The molecular formula is C20H19FN4O2. The molecule has 4 rings (SSSR count). The van der Waals surface area contributed by atoms with Gasteiger partial charge in [0.15, 0.2) is 0 Å². The van der Waals surface area contributed by atoms with Crippen molar-refractivity contribution in [1.29, 1.82) is 0 Å². The highest BCUT2D eigenvalue weighted by Crippen LogP contribution is 2.24. The number of carbonyl (C=O) groups excluding carboxylic acids is 2. The van der Waals surface area contributed by atoms with Crippen LogP contribution >= 0.6 is 0 Å². The molecule has 0 atom stereocenters. The van der Waals surface area contributed by atoms with Crippen molar-refractivity contribution in [3.63, 3.8) is 0 Å². The van der Waals surface area contributed by atoms with Gasteiger partial charge in [-0.05, 0) is 43.2 Å². The number of fused-ring (bicyclic) bond motifs is 1. The quantitative estimate of drug-likeness (QED) is 0.747. The van der Waals surface area contributed by atoms with E-state index in [2.05, 4.69) is 15.5 Å². The average molecular weight is 366 g/mol. The number of nitrogens with one attached hydrogen (secondary N) is 2. The first-order valence-electron chi connectivity index (χ1n) is 8.89. The number of anilines is 1. The molecule has 1 aliphatic rings. The van der Waals surface area contributed by atoms with Crippen molar-refractivity contribution in [3.05, 3.63) is 60.0 Å². The van der Waals surface area contributed by atoms with Crippen molar-refractivity contribution in [2.75, 3.05) is 18.4 Å². The highest BCUT2D eigenvalue weighted by molar-refractivity contribution is 6.01. The molecule has 1 fully saturated rings. The summed E-state index contributed by atoms with van der Waals surface area (Å²) in [5, 5.41) is 10.8. The molecule has 2 aromatic carbocycles. The fourth-order valence-corrected chi connectivity index (χ4v) is 3.43. The van der Waals surface area contributed by atoms with Crippen LogP contribution in [0.5, 0.6) is 0 Å². The number of amides is 2. The fraction of sp³-hybridized carbons (Fsp3) is 0.250. The number of para-hydroxylation sites is 1. The number of likely N-dealkylation sites (tertiary alicyclic amines) is 1. The van der Waals surface area contributed by atoms with Crippen LogP contribution in [0.25, 0.3) is 10.9 Å². The summed E-state index contributed by atoms with van der Waals surface area (Å²) in [4.78, 5) is 26.8. The standard InChI is InChI=1S/C20H19FN4O2/c21-16-6-4-14(5-7-16)20(27)25-10-8-13(9-11-25)19(26)23-17-3-1-2-15-12-22-24-18(15)17/h1-7,12-13H,8-11H2,(H,22,24)(H,23,26).